The molecule has 0 saturated carbocycles. The van der Waals surface area contributed by atoms with Gasteiger partial charge in [0.05, 0.1) is 0 Å². The molecule has 1 aliphatic heterocycles. The highest BCUT2D eigenvalue weighted by molar-refractivity contribution is 5.48. The van der Waals surface area contributed by atoms with E-state index >= 15 is 0 Å². The molecule has 98 valence electrons. The van der Waals surface area contributed by atoms with Gasteiger partial charge >= 0.3 is 0 Å². The highest BCUT2D eigenvalue weighted by Crippen LogP contribution is 2.21. The monoisotopic (exact) mass is 244 g/mol. The van der Waals surface area contributed by atoms with Gasteiger partial charge in [0, 0.05) is 13.1 Å². The molecule has 0 radical (unpaired) electrons. The van der Waals surface area contributed by atoms with Crippen LogP contribution in [0.3, 0.4) is 0 Å². The molecule has 0 amide bonds. The molecular weight excluding hydrogens is 220 g/mol. The van der Waals surface area contributed by atoms with E-state index in [4.69, 9.17) is 5.73 Å². The van der Waals surface area contributed by atoms with E-state index in [1.807, 2.05) is 0 Å². The van der Waals surface area contributed by atoms with E-state index in [2.05, 4.69) is 54.3 Å². The molecule has 18 heavy (non-hydrogen) atoms. The molecule has 0 spiro atoms. The van der Waals surface area contributed by atoms with Gasteiger partial charge in [-0.15, -0.1) is 0 Å². The topological polar surface area (TPSA) is 29.3 Å². The summed E-state index contributed by atoms with van der Waals surface area (Å²) >= 11 is 0. The van der Waals surface area contributed by atoms with Gasteiger partial charge in [0.15, 0.2) is 0 Å². The van der Waals surface area contributed by atoms with E-state index in [-0.39, 0.29) is 0 Å². The van der Waals surface area contributed by atoms with E-state index in [1.54, 1.807) is 0 Å². The summed E-state index contributed by atoms with van der Waals surface area (Å²) in [7, 11) is 0. The number of likely N-dealkylation sites (tertiary alicyclic amines) is 1. The van der Waals surface area contributed by atoms with Crippen LogP contribution in [0.1, 0.15) is 18.9 Å². The second kappa shape index (κ2) is 6.72. The predicted octanol–water partition coefficient (Wildman–Crippen LogP) is 2.62. The second-order valence-electron chi connectivity index (χ2n) is 5.33. The number of nitrogens with two attached hydrogens (primary N) is 1. The Labute approximate surface area is 110 Å². The lowest BCUT2D eigenvalue weighted by molar-refractivity contribution is 0.144. The average Bonchev–Trinajstić information content (AvgIpc) is 2.42. The van der Waals surface area contributed by atoms with Gasteiger partial charge in [0.1, 0.15) is 0 Å². The maximum Gasteiger partial charge on any atom is 0.0166 e. The lowest BCUT2D eigenvalue weighted by Crippen LogP contribution is -2.42. The van der Waals surface area contributed by atoms with Gasteiger partial charge in [-0.1, -0.05) is 49.4 Å². The number of benzene rings is 1. The SMILES string of the molecule is CC1CCN(C/C=C/c2ccccc2)CC1CN. The van der Waals surface area contributed by atoms with Crippen LogP contribution in [0.4, 0.5) is 0 Å². The van der Waals surface area contributed by atoms with E-state index in [9.17, 15) is 0 Å². The Morgan fingerprint density at radius 1 is 1.33 bits per heavy atom. The first-order valence-corrected chi connectivity index (χ1v) is 6.93. The zero-order valence-electron chi connectivity index (χ0n) is 11.3. The Balaban J connectivity index is 1.82. The van der Waals surface area contributed by atoms with Crippen molar-refractivity contribution in [1.82, 2.24) is 4.90 Å². The fourth-order valence-corrected chi connectivity index (χ4v) is 2.60. The minimum atomic E-state index is 0.670. The molecule has 1 saturated heterocycles. The highest BCUT2D eigenvalue weighted by Gasteiger charge is 2.23. The van der Waals surface area contributed by atoms with Crippen molar-refractivity contribution in [3.63, 3.8) is 0 Å². The Morgan fingerprint density at radius 3 is 2.83 bits per heavy atom. The molecule has 1 aromatic carbocycles. The third-order valence-electron chi connectivity index (χ3n) is 3.97. The highest BCUT2D eigenvalue weighted by atomic mass is 15.1. The van der Waals surface area contributed by atoms with Crippen LogP contribution in [0.25, 0.3) is 6.08 Å². The third-order valence-corrected chi connectivity index (χ3v) is 3.97. The molecule has 2 atom stereocenters. The number of hydrogen-bond donors (Lipinski definition) is 1. The lowest BCUT2D eigenvalue weighted by atomic mass is 9.87. The van der Waals surface area contributed by atoms with E-state index in [0.717, 1.165) is 25.6 Å². The molecule has 2 heteroatoms. The van der Waals surface area contributed by atoms with Crippen molar-refractivity contribution in [2.45, 2.75) is 13.3 Å². The molecule has 1 heterocycles. The smallest absolute Gasteiger partial charge is 0.0166 e. The Morgan fingerprint density at radius 2 is 2.11 bits per heavy atom. The second-order valence-corrected chi connectivity index (χ2v) is 5.33. The molecule has 0 aliphatic carbocycles. The van der Waals surface area contributed by atoms with Gasteiger partial charge in [-0.25, -0.2) is 0 Å². The first-order chi connectivity index (χ1) is 8.79. The summed E-state index contributed by atoms with van der Waals surface area (Å²) < 4.78 is 0. The van der Waals surface area contributed by atoms with Crippen LogP contribution >= 0.6 is 0 Å². The van der Waals surface area contributed by atoms with Crippen LogP contribution in [0.2, 0.25) is 0 Å². The van der Waals surface area contributed by atoms with E-state index in [0.29, 0.717) is 5.92 Å². The minimum absolute atomic E-state index is 0.670. The fraction of sp³-hybridized carbons (Fsp3) is 0.500. The molecule has 2 unspecified atom stereocenters. The van der Waals surface area contributed by atoms with Crippen LogP contribution < -0.4 is 5.73 Å². The van der Waals surface area contributed by atoms with Crippen molar-refractivity contribution < 1.29 is 0 Å². The van der Waals surface area contributed by atoms with Gasteiger partial charge in [0.2, 0.25) is 0 Å². The minimum Gasteiger partial charge on any atom is -0.330 e. The summed E-state index contributed by atoms with van der Waals surface area (Å²) in [5.74, 6) is 1.45. The Kier molecular flexibility index (Phi) is 4.97. The summed E-state index contributed by atoms with van der Waals surface area (Å²) in [6.45, 7) is 6.54. The first-order valence-electron chi connectivity index (χ1n) is 6.93. The molecule has 1 aliphatic rings. The summed E-state index contributed by atoms with van der Waals surface area (Å²) in [5.41, 5.74) is 7.11. The van der Waals surface area contributed by atoms with Crippen molar-refractivity contribution in [3.8, 4) is 0 Å². The molecule has 0 bridgehead atoms. The van der Waals surface area contributed by atoms with Gasteiger partial charge in [-0.3, -0.25) is 4.90 Å². The van der Waals surface area contributed by atoms with Gasteiger partial charge in [-0.2, -0.15) is 0 Å². The number of nitrogens with zero attached hydrogens (tertiary/aromatic N) is 1. The van der Waals surface area contributed by atoms with Crippen molar-refractivity contribution in [1.29, 1.82) is 0 Å². The third kappa shape index (κ3) is 3.69. The van der Waals surface area contributed by atoms with Crippen molar-refractivity contribution in [3.05, 3.63) is 42.0 Å². The Hall–Kier alpha value is -1.12. The maximum atomic E-state index is 5.83. The van der Waals surface area contributed by atoms with Crippen LogP contribution in [0, 0.1) is 11.8 Å². The summed E-state index contributed by atoms with van der Waals surface area (Å²) in [6, 6.07) is 10.5. The number of hydrogen-bond acceptors (Lipinski definition) is 2. The molecule has 2 rings (SSSR count). The zero-order chi connectivity index (χ0) is 12.8. The van der Waals surface area contributed by atoms with E-state index < -0.39 is 0 Å². The molecule has 2 nitrogen and oxygen atoms in total. The van der Waals surface area contributed by atoms with Crippen molar-refractivity contribution >= 4 is 6.08 Å². The quantitative estimate of drug-likeness (QED) is 0.882. The maximum absolute atomic E-state index is 5.83. The van der Waals surface area contributed by atoms with Gasteiger partial charge < -0.3 is 5.73 Å². The molecule has 1 fully saturated rings. The number of rotatable bonds is 4. The summed E-state index contributed by atoms with van der Waals surface area (Å²) in [4.78, 5) is 2.51. The summed E-state index contributed by atoms with van der Waals surface area (Å²) in [5, 5.41) is 0. The van der Waals surface area contributed by atoms with Crippen molar-refractivity contribution in [2.24, 2.45) is 17.6 Å². The van der Waals surface area contributed by atoms with Gasteiger partial charge in [-0.05, 0) is 36.9 Å². The Bertz CT molecular complexity index is 372. The predicted molar refractivity (Wildman–Crippen MR) is 78.2 cm³/mol. The fourth-order valence-electron chi connectivity index (χ4n) is 2.60. The summed E-state index contributed by atoms with van der Waals surface area (Å²) in [6.07, 6.45) is 5.75. The van der Waals surface area contributed by atoms with Crippen LogP contribution in [-0.2, 0) is 0 Å². The van der Waals surface area contributed by atoms with Crippen molar-refractivity contribution in [2.75, 3.05) is 26.2 Å². The van der Waals surface area contributed by atoms with Crippen LogP contribution in [-0.4, -0.2) is 31.1 Å². The normalized spacial score (nSPS) is 25.7. The lowest BCUT2D eigenvalue weighted by Gasteiger charge is -2.35. The van der Waals surface area contributed by atoms with Gasteiger partial charge in [0.25, 0.3) is 0 Å². The average molecular weight is 244 g/mol. The molecule has 1 aromatic rings. The largest absolute Gasteiger partial charge is 0.330 e. The zero-order valence-corrected chi connectivity index (χ0v) is 11.3. The standard InChI is InChI=1S/C16H24N2/c1-14-9-11-18(13-16(14)12-17)10-5-8-15-6-3-2-4-7-15/h2-8,14,16H,9-13,17H2,1H3/b8-5+. The molecular formula is C16H24N2. The van der Waals surface area contributed by atoms with E-state index in [1.165, 1.54) is 18.5 Å². The molecule has 0 aromatic heterocycles. The van der Waals surface area contributed by atoms with Crippen LogP contribution in [0.5, 0.6) is 0 Å². The molecule has 2 N–H and O–H groups in total. The number of piperidine rings is 1. The van der Waals surface area contributed by atoms with Crippen LogP contribution in [0.15, 0.2) is 36.4 Å². The first kappa shape index (κ1) is 13.3.